The lowest BCUT2D eigenvalue weighted by molar-refractivity contribution is -0.138. The van der Waals surface area contributed by atoms with Crippen LogP contribution in [0.1, 0.15) is 18.0 Å². The first-order chi connectivity index (χ1) is 7.87. The SMILES string of the molecule is COc1ccc(OC)c(C(N)CC(F)(F)F)c1. The quantitative estimate of drug-likeness (QED) is 0.892. The van der Waals surface area contributed by atoms with E-state index in [9.17, 15) is 13.2 Å². The van der Waals surface area contributed by atoms with Gasteiger partial charge in [-0.25, -0.2) is 0 Å². The van der Waals surface area contributed by atoms with Gasteiger partial charge < -0.3 is 15.2 Å². The van der Waals surface area contributed by atoms with Crippen LogP contribution in [0.4, 0.5) is 13.2 Å². The number of alkyl halides is 3. The maximum absolute atomic E-state index is 12.3. The average Bonchev–Trinajstić information content (AvgIpc) is 2.25. The van der Waals surface area contributed by atoms with Gasteiger partial charge in [-0.05, 0) is 18.2 Å². The van der Waals surface area contributed by atoms with Crippen LogP contribution in [-0.2, 0) is 0 Å². The predicted octanol–water partition coefficient (Wildman–Crippen LogP) is 2.66. The molecular weight excluding hydrogens is 235 g/mol. The second-order valence-corrected chi connectivity index (χ2v) is 3.53. The van der Waals surface area contributed by atoms with E-state index >= 15 is 0 Å². The summed E-state index contributed by atoms with van der Waals surface area (Å²) in [6.07, 6.45) is -5.41. The maximum atomic E-state index is 12.3. The third-order valence-corrected chi connectivity index (χ3v) is 2.29. The molecule has 1 unspecified atom stereocenters. The van der Waals surface area contributed by atoms with Gasteiger partial charge in [0.05, 0.1) is 20.6 Å². The van der Waals surface area contributed by atoms with Gasteiger partial charge in [-0.1, -0.05) is 0 Å². The lowest BCUT2D eigenvalue weighted by Gasteiger charge is -2.18. The maximum Gasteiger partial charge on any atom is 0.390 e. The summed E-state index contributed by atoms with van der Waals surface area (Å²) in [4.78, 5) is 0. The predicted molar refractivity (Wildman–Crippen MR) is 57.1 cm³/mol. The van der Waals surface area contributed by atoms with Crippen molar-refractivity contribution < 1.29 is 22.6 Å². The van der Waals surface area contributed by atoms with Crippen molar-refractivity contribution in [2.24, 2.45) is 5.73 Å². The average molecular weight is 249 g/mol. The first-order valence-electron chi connectivity index (χ1n) is 4.91. The minimum Gasteiger partial charge on any atom is -0.497 e. The third kappa shape index (κ3) is 3.81. The van der Waals surface area contributed by atoms with E-state index in [0.29, 0.717) is 11.5 Å². The van der Waals surface area contributed by atoms with Crippen LogP contribution in [0.15, 0.2) is 18.2 Å². The molecule has 17 heavy (non-hydrogen) atoms. The Morgan fingerprint density at radius 2 is 1.88 bits per heavy atom. The highest BCUT2D eigenvalue weighted by Crippen LogP contribution is 2.34. The highest BCUT2D eigenvalue weighted by molar-refractivity contribution is 5.42. The monoisotopic (exact) mass is 249 g/mol. The molecule has 0 aliphatic heterocycles. The molecule has 2 N–H and O–H groups in total. The summed E-state index contributed by atoms with van der Waals surface area (Å²) < 4.78 is 46.7. The van der Waals surface area contributed by atoms with Crippen LogP contribution >= 0.6 is 0 Å². The molecule has 1 aromatic rings. The molecule has 1 atom stereocenters. The molecule has 0 saturated carbocycles. The minimum absolute atomic E-state index is 0.282. The topological polar surface area (TPSA) is 44.5 Å². The van der Waals surface area contributed by atoms with Gasteiger partial charge in [-0.15, -0.1) is 0 Å². The Morgan fingerprint density at radius 3 is 2.35 bits per heavy atom. The molecule has 96 valence electrons. The zero-order valence-electron chi connectivity index (χ0n) is 9.54. The van der Waals surface area contributed by atoms with Gasteiger partial charge in [0.1, 0.15) is 11.5 Å². The second kappa shape index (κ2) is 5.27. The molecule has 0 aromatic heterocycles. The Kier molecular flexibility index (Phi) is 4.22. The highest BCUT2D eigenvalue weighted by atomic mass is 19.4. The second-order valence-electron chi connectivity index (χ2n) is 3.53. The van der Waals surface area contributed by atoms with Crippen molar-refractivity contribution in [3.8, 4) is 11.5 Å². The Labute approximate surface area is 97.3 Å². The molecule has 3 nitrogen and oxygen atoms in total. The Hall–Kier alpha value is -1.43. The van der Waals surface area contributed by atoms with Crippen LogP contribution in [0.25, 0.3) is 0 Å². The molecular formula is C11H14F3NO2. The van der Waals surface area contributed by atoms with Crippen molar-refractivity contribution in [2.75, 3.05) is 14.2 Å². The van der Waals surface area contributed by atoms with Gasteiger partial charge in [0.25, 0.3) is 0 Å². The van der Waals surface area contributed by atoms with Crippen molar-refractivity contribution in [3.63, 3.8) is 0 Å². The highest BCUT2D eigenvalue weighted by Gasteiger charge is 2.32. The van der Waals surface area contributed by atoms with Crippen LogP contribution < -0.4 is 15.2 Å². The summed E-state index contributed by atoms with van der Waals surface area (Å²) in [5.74, 6) is 0.765. The normalized spacial score (nSPS) is 13.3. The number of benzene rings is 1. The fraction of sp³-hybridized carbons (Fsp3) is 0.455. The molecule has 0 amide bonds. The summed E-state index contributed by atoms with van der Waals surface area (Å²) in [5, 5.41) is 0. The van der Waals surface area contributed by atoms with Crippen LogP contribution in [-0.4, -0.2) is 20.4 Å². The lowest BCUT2D eigenvalue weighted by Crippen LogP contribution is -2.20. The van der Waals surface area contributed by atoms with Crippen molar-refractivity contribution in [1.29, 1.82) is 0 Å². The van der Waals surface area contributed by atoms with E-state index in [4.69, 9.17) is 15.2 Å². The number of nitrogens with two attached hydrogens (primary N) is 1. The molecule has 0 spiro atoms. The summed E-state index contributed by atoms with van der Waals surface area (Å²) in [6, 6.07) is 3.42. The molecule has 0 aliphatic rings. The van der Waals surface area contributed by atoms with Gasteiger partial charge >= 0.3 is 6.18 Å². The zero-order chi connectivity index (χ0) is 13.1. The van der Waals surface area contributed by atoms with Crippen molar-refractivity contribution >= 4 is 0 Å². The molecule has 0 bridgehead atoms. The Bertz CT molecular complexity index is 379. The van der Waals surface area contributed by atoms with Gasteiger partial charge in [-0.2, -0.15) is 13.2 Å². The standard InChI is InChI=1S/C11H14F3NO2/c1-16-7-3-4-10(17-2)8(5-7)9(15)6-11(12,13)14/h3-5,9H,6,15H2,1-2H3. The summed E-state index contributed by atoms with van der Waals surface area (Å²) in [5.41, 5.74) is 5.81. The van der Waals surface area contributed by atoms with Crippen molar-refractivity contribution in [1.82, 2.24) is 0 Å². The van der Waals surface area contributed by atoms with Gasteiger partial charge in [0, 0.05) is 11.6 Å². The van der Waals surface area contributed by atoms with E-state index in [1.54, 1.807) is 6.07 Å². The van der Waals surface area contributed by atoms with E-state index in [0.717, 1.165) is 0 Å². The number of rotatable bonds is 4. The zero-order valence-corrected chi connectivity index (χ0v) is 9.54. The minimum atomic E-state index is -4.31. The van der Waals surface area contributed by atoms with Crippen LogP contribution in [0, 0.1) is 0 Å². The summed E-state index contributed by atoms with van der Waals surface area (Å²) in [6.45, 7) is 0. The summed E-state index contributed by atoms with van der Waals surface area (Å²) in [7, 11) is 2.81. The van der Waals surface area contributed by atoms with Crippen molar-refractivity contribution in [2.45, 2.75) is 18.6 Å². The summed E-state index contributed by atoms with van der Waals surface area (Å²) >= 11 is 0. The number of methoxy groups -OCH3 is 2. The molecule has 1 rings (SSSR count). The lowest BCUT2D eigenvalue weighted by atomic mass is 10.0. The van der Waals surface area contributed by atoms with Crippen LogP contribution in [0.3, 0.4) is 0 Å². The fourth-order valence-electron chi connectivity index (χ4n) is 1.49. The van der Waals surface area contributed by atoms with Crippen LogP contribution in [0.2, 0.25) is 0 Å². The van der Waals surface area contributed by atoms with Gasteiger partial charge in [-0.3, -0.25) is 0 Å². The van der Waals surface area contributed by atoms with Crippen molar-refractivity contribution in [3.05, 3.63) is 23.8 Å². The molecule has 1 aromatic carbocycles. The molecule has 0 heterocycles. The van der Waals surface area contributed by atoms with E-state index in [-0.39, 0.29) is 5.56 Å². The third-order valence-electron chi connectivity index (χ3n) is 2.29. The Morgan fingerprint density at radius 1 is 1.24 bits per heavy atom. The molecule has 6 heteroatoms. The van der Waals surface area contributed by atoms with E-state index in [1.165, 1.54) is 26.4 Å². The largest absolute Gasteiger partial charge is 0.497 e. The molecule has 0 fully saturated rings. The first-order valence-corrected chi connectivity index (χ1v) is 4.91. The number of hydrogen-bond acceptors (Lipinski definition) is 3. The van der Waals surface area contributed by atoms with Gasteiger partial charge in [0.2, 0.25) is 0 Å². The fourth-order valence-corrected chi connectivity index (χ4v) is 1.49. The molecule has 0 aliphatic carbocycles. The smallest absolute Gasteiger partial charge is 0.390 e. The Balaban J connectivity index is 3.01. The number of halogens is 3. The van der Waals surface area contributed by atoms with Gasteiger partial charge in [0.15, 0.2) is 0 Å². The van der Waals surface area contributed by atoms with Crippen LogP contribution in [0.5, 0.6) is 11.5 Å². The number of ether oxygens (including phenoxy) is 2. The first kappa shape index (κ1) is 13.6. The molecule has 0 saturated heterocycles. The van der Waals surface area contributed by atoms with E-state index in [1.807, 2.05) is 0 Å². The molecule has 0 radical (unpaired) electrons. The van der Waals surface area contributed by atoms with E-state index < -0.39 is 18.6 Å². The number of hydrogen-bond donors (Lipinski definition) is 1. The van der Waals surface area contributed by atoms with E-state index in [2.05, 4.69) is 0 Å².